The van der Waals surface area contributed by atoms with Gasteiger partial charge in [0.2, 0.25) is 0 Å². The van der Waals surface area contributed by atoms with Gasteiger partial charge in [0.25, 0.3) is 6.43 Å². The van der Waals surface area contributed by atoms with Crippen molar-refractivity contribution in [3.63, 3.8) is 0 Å². The van der Waals surface area contributed by atoms with Crippen LogP contribution >= 0.6 is 0 Å². The Bertz CT molecular complexity index is 386. The van der Waals surface area contributed by atoms with Gasteiger partial charge in [0.1, 0.15) is 0 Å². The lowest BCUT2D eigenvalue weighted by molar-refractivity contribution is -0.138. The largest absolute Gasteiger partial charge is 0.481 e. The van der Waals surface area contributed by atoms with Crippen molar-refractivity contribution in [2.75, 3.05) is 0 Å². The molecule has 0 aliphatic rings. The molecule has 0 heterocycles. The number of aliphatic carboxylic acids is 1. The minimum Gasteiger partial charge on any atom is -0.481 e. The van der Waals surface area contributed by atoms with E-state index in [1.165, 1.54) is 12.1 Å². The maximum atomic E-state index is 12.7. The normalized spacial score (nSPS) is 11.8. The van der Waals surface area contributed by atoms with Crippen LogP contribution in [0.5, 0.6) is 0 Å². The van der Waals surface area contributed by atoms with E-state index >= 15 is 0 Å². The van der Waals surface area contributed by atoms with Gasteiger partial charge in [-0.15, -0.1) is 0 Å². The summed E-state index contributed by atoms with van der Waals surface area (Å²) in [7, 11) is 0. The molecule has 0 saturated heterocycles. The maximum Gasteiger partial charge on any atom is 0.304 e. The lowest BCUT2D eigenvalue weighted by atomic mass is 9.79. The lowest BCUT2D eigenvalue weighted by Crippen LogP contribution is -2.23. The van der Waals surface area contributed by atoms with Crippen LogP contribution in [0.1, 0.15) is 37.8 Å². The van der Waals surface area contributed by atoms with Crippen molar-refractivity contribution in [3.8, 4) is 0 Å². The molecule has 1 aromatic carbocycles. The second-order valence-corrected chi connectivity index (χ2v) is 4.34. The zero-order valence-corrected chi connectivity index (χ0v) is 9.21. The summed E-state index contributed by atoms with van der Waals surface area (Å²) in [5.74, 6) is -0.992. The van der Waals surface area contributed by atoms with E-state index in [2.05, 4.69) is 0 Å². The Balaban J connectivity index is 3.16. The quantitative estimate of drug-likeness (QED) is 0.857. The summed E-state index contributed by atoms with van der Waals surface area (Å²) in [6, 6.07) is 6.07. The van der Waals surface area contributed by atoms with Crippen molar-refractivity contribution in [1.82, 2.24) is 0 Å². The first-order valence-electron chi connectivity index (χ1n) is 4.94. The fourth-order valence-electron chi connectivity index (χ4n) is 1.78. The van der Waals surface area contributed by atoms with Gasteiger partial charge in [-0.3, -0.25) is 4.79 Å². The lowest BCUT2D eigenvalue weighted by Gasteiger charge is -2.25. The first kappa shape index (κ1) is 12.6. The summed E-state index contributed by atoms with van der Waals surface area (Å²) in [5.41, 5.74) is -0.486. The van der Waals surface area contributed by atoms with E-state index < -0.39 is 17.8 Å². The Hall–Kier alpha value is -1.45. The smallest absolute Gasteiger partial charge is 0.304 e. The van der Waals surface area contributed by atoms with Gasteiger partial charge in [-0.2, -0.15) is 0 Å². The molecule has 4 heteroatoms. The van der Waals surface area contributed by atoms with E-state index in [-0.39, 0.29) is 12.0 Å². The summed E-state index contributed by atoms with van der Waals surface area (Å²) in [6.45, 7) is 3.31. The third-order valence-corrected chi connectivity index (χ3v) is 2.52. The van der Waals surface area contributed by atoms with Gasteiger partial charge in [0.15, 0.2) is 0 Å². The number of carboxylic acids is 1. The minimum atomic E-state index is -2.58. The maximum absolute atomic E-state index is 12.7. The highest BCUT2D eigenvalue weighted by Gasteiger charge is 2.28. The number of hydrogen-bond donors (Lipinski definition) is 1. The van der Waals surface area contributed by atoms with Crippen molar-refractivity contribution < 1.29 is 18.7 Å². The van der Waals surface area contributed by atoms with E-state index in [1.54, 1.807) is 26.0 Å². The van der Waals surface area contributed by atoms with Crippen molar-refractivity contribution in [1.29, 1.82) is 0 Å². The highest BCUT2D eigenvalue weighted by molar-refractivity contribution is 5.69. The molecule has 16 heavy (non-hydrogen) atoms. The highest BCUT2D eigenvalue weighted by Crippen LogP contribution is 2.34. The zero-order valence-electron chi connectivity index (χ0n) is 9.21. The van der Waals surface area contributed by atoms with E-state index in [0.717, 1.165) is 0 Å². The minimum absolute atomic E-state index is 0.0891. The molecule has 0 unspecified atom stereocenters. The topological polar surface area (TPSA) is 37.3 Å². The van der Waals surface area contributed by atoms with Gasteiger partial charge in [-0.05, 0) is 5.56 Å². The van der Waals surface area contributed by atoms with Crippen LogP contribution in [0.3, 0.4) is 0 Å². The van der Waals surface area contributed by atoms with Gasteiger partial charge in [-0.25, -0.2) is 8.78 Å². The van der Waals surface area contributed by atoms with Crippen molar-refractivity contribution >= 4 is 5.97 Å². The first-order chi connectivity index (χ1) is 7.34. The fraction of sp³-hybridized carbons (Fsp3) is 0.417. The molecule has 0 spiro atoms. The molecule has 2 nitrogen and oxygen atoms in total. The molecular formula is C12H14F2O2. The predicted octanol–water partition coefficient (Wildman–Crippen LogP) is 3.38. The Labute approximate surface area is 92.9 Å². The first-order valence-corrected chi connectivity index (χ1v) is 4.94. The van der Waals surface area contributed by atoms with E-state index in [0.29, 0.717) is 5.56 Å². The molecule has 1 rings (SSSR count). The van der Waals surface area contributed by atoms with Gasteiger partial charge in [0.05, 0.1) is 6.42 Å². The number of halogens is 2. The number of benzene rings is 1. The predicted molar refractivity (Wildman–Crippen MR) is 56.7 cm³/mol. The molecular weight excluding hydrogens is 214 g/mol. The standard InChI is InChI=1S/C12H14F2O2/c1-12(2,7-10(15)16)9-6-4-3-5-8(9)11(13)14/h3-6,11H,7H2,1-2H3,(H,15,16). The van der Waals surface area contributed by atoms with E-state index in [9.17, 15) is 13.6 Å². The molecule has 0 radical (unpaired) electrons. The molecule has 0 amide bonds. The van der Waals surface area contributed by atoms with Gasteiger partial charge >= 0.3 is 5.97 Å². The molecule has 0 saturated carbocycles. The number of carbonyl (C=O) groups is 1. The molecule has 0 atom stereocenters. The molecule has 88 valence electrons. The second kappa shape index (κ2) is 4.60. The third kappa shape index (κ3) is 2.78. The second-order valence-electron chi connectivity index (χ2n) is 4.34. The zero-order chi connectivity index (χ0) is 12.3. The van der Waals surface area contributed by atoms with Crippen molar-refractivity contribution in [3.05, 3.63) is 35.4 Å². The number of hydrogen-bond acceptors (Lipinski definition) is 1. The summed E-state index contributed by atoms with van der Waals surface area (Å²) < 4.78 is 25.5. The fourth-order valence-corrected chi connectivity index (χ4v) is 1.78. The van der Waals surface area contributed by atoms with Gasteiger partial charge in [-0.1, -0.05) is 38.1 Å². The Morgan fingerprint density at radius 3 is 2.44 bits per heavy atom. The molecule has 0 aromatic heterocycles. The Kier molecular flexibility index (Phi) is 3.62. The van der Waals surface area contributed by atoms with Gasteiger partial charge in [0, 0.05) is 11.0 Å². The van der Waals surface area contributed by atoms with E-state index in [1.807, 2.05) is 0 Å². The van der Waals surface area contributed by atoms with Gasteiger partial charge < -0.3 is 5.11 Å². The summed E-state index contributed by atoms with van der Waals surface area (Å²) in [5, 5.41) is 8.75. The Morgan fingerprint density at radius 1 is 1.38 bits per heavy atom. The number of carboxylic acid groups (broad SMARTS) is 1. The van der Waals surface area contributed by atoms with Crippen LogP contribution in [0.4, 0.5) is 8.78 Å². The van der Waals surface area contributed by atoms with Crippen molar-refractivity contribution in [2.45, 2.75) is 32.1 Å². The van der Waals surface area contributed by atoms with Crippen LogP contribution in [0.15, 0.2) is 24.3 Å². The van der Waals surface area contributed by atoms with Crippen LogP contribution < -0.4 is 0 Å². The molecule has 1 aromatic rings. The third-order valence-electron chi connectivity index (χ3n) is 2.52. The Morgan fingerprint density at radius 2 is 1.94 bits per heavy atom. The number of alkyl halides is 2. The van der Waals surface area contributed by atoms with Crippen LogP contribution in [0.2, 0.25) is 0 Å². The molecule has 0 bridgehead atoms. The average molecular weight is 228 g/mol. The van der Waals surface area contributed by atoms with Crippen LogP contribution in [-0.2, 0) is 10.2 Å². The van der Waals surface area contributed by atoms with E-state index in [4.69, 9.17) is 5.11 Å². The molecule has 1 N–H and O–H groups in total. The molecule has 0 aliphatic carbocycles. The molecule has 0 aliphatic heterocycles. The van der Waals surface area contributed by atoms with Crippen LogP contribution in [-0.4, -0.2) is 11.1 Å². The van der Waals surface area contributed by atoms with Crippen LogP contribution in [0.25, 0.3) is 0 Å². The monoisotopic (exact) mass is 228 g/mol. The van der Waals surface area contributed by atoms with Crippen molar-refractivity contribution in [2.24, 2.45) is 0 Å². The summed E-state index contributed by atoms with van der Waals surface area (Å²) in [4.78, 5) is 10.7. The van der Waals surface area contributed by atoms with Crippen LogP contribution in [0, 0.1) is 0 Å². The SMILES string of the molecule is CC(C)(CC(=O)O)c1ccccc1C(F)F. The number of rotatable bonds is 4. The summed E-state index contributed by atoms with van der Waals surface area (Å²) in [6.07, 6.45) is -2.75. The summed E-state index contributed by atoms with van der Waals surface area (Å²) >= 11 is 0. The highest BCUT2D eigenvalue weighted by atomic mass is 19.3. The molecule has 0 fully saturated rings. The average Bonchev–Trinajstić information content (AvgIpc) is 2.15.